The fourth-order valence-electron chi connectivity index (χ4n) is 2.33. The largest absolute Gasteiger partial charge is 0.469 e. The summed E-state index contributed by atoms with van der Waals surface area (Å²) in [6, 6.07) is 5.64. The third-order valence-electron chi connectivity index (χ3n) is 4.10. The first-order chi connectivity index (χ1) is 13.8. The van der Waals surface area contributed by atoms with E-state index < -0.39 is 35.8 Å². The highest BCUT2D eigenvalue weighted by Gasteiger charge is 2.25. The van der Waals surface area contributed by atoms with Crippen LogP contribution in [0.15, 0.2) is 24.3 Å². The monoisotopic (exact) mass is 519 g/mol. The number of ether oxygens (including phenoxy) is 2. The number of benzene rings is 1. The zero-order valence-corrected chi connectivity index (χ0v) is 18.6. The van der Waals surface area contributed by atoms with E-state index in [1.807, 2.05) is 24.3 Å². The highest BCUT2D eigenvalue weighted by atomic mass is 127. The molecule has 10 heteroatoms. The smallest absolute Gasteiger partial charge is 0.305 e. The molecule has 1 aromatic rings. The van der Waals surface area contributed by atoms with Crippen LogP contribution in [0.25, 0.3) is 0 Å². The minimum atomic E-state index is -0.987. The Labute approximate surface area is 183 Å². The molecule has 2 atom stereocenters. The molecule has 0 saturated carbocycles. The van der Waals surface area contributed by atoms with E-state index in [0.717, 1.165) is 9.13 Å². The van der Waals surface area contributed by atoms with Gasteiger partial charge in [0.1, 0.15) is 6.04 Å². The Morgan fingerprint density at radius 2 is 1.52 bits per heavy atom. The molecule has 0 aliphatic carbocycles. The van der Waals surface area contributed by atoms with Crippen molar-refractivity contribution < 1.29 is 28.7 Å². The summed E-state index contributed by atoms with van der Waals surface area (Å²) in [5.74, 6) is -2.01. The summed E-state index contributed by atoms with van der Waals surface area (Å²) < 4.78 is 10.2. The standard InChI is InChI=1S/C19H26IN3O6/c1-28-16(24)9-7-14(21)18(26)23-15(8-10-17(25)29-2)19(27)22-11-12-3-5-13(20)6-4-12/h3-6,14-15H,7-11,21H2,1-2H3,(H,22,27)(H,23,26)/t14-,15-/m0/s1. The van der Waals surface area contributed by atoms with Gasteiger partial charge in [-0.25, -0.2) is 0 Å². The summed E-state index contributed by atoms with van der Waals surface area (Å²) in [5.41, 5.74) is 6.68. The van der Waals surface area contributed by atoms with Gasteiger partial charge in [-0.1, -0.05) is 12.1 Å². The molecule has 160 valence electrons. The minimum absolute atomic E-state index is 0.0169. The number of methoxy groups -OCH3 is 2. The molecular weight excluding hydrogens is 493 g/mol. The van der Waals surface area contributed by atoms with E-state index in [4.69, 9.17) is 5.73 Å². The van der Waals surface area contributed by atoms with Crippen molar-refractivity contribution in [2.45, 2.75) is 44.3 Å². The second kappa shape index (κ2) is 13.1. The molecule has 0 saturated heterocycles. The van der Waals surface area contributed by atoms with Gasteiger partial charge in [0.15, 0.2) is 0 Å². The molecule has 9 nitrogen and oxygen atoms in total. The highest BCUT2D eigenvalue weighted by Crippen LogP contribution is 2.07. The summed E-state index contributed by atoms with van der Waals surface area (Å²) in [5, 5.41) is 5.29. The van der Waals surface area contributed by atoms with Crippen molar-refractivity contribution in [3.05, 3.63) is 33.4 Å². The van der Waals surface area contributed by atoms with Gasteiger partial charge in [0.05, 0.1) is 20.3 Å². The average molecular weight is 519 g/mol. The lowest BCUT2D eigenvalue weighted by atomic mass is 10.1. The number of amides is 2. The van der Waals surface area contributed by atoms with Gasteiger partial charge in [0.25, 0.3) is 0 Å². The molecular formula is C19H26IN3O6. The van der Waals surface area contributed by atoms with Crippen LogP contribution in [0.3, 0.4) is 0 Å². The Morgan fingerprint density at radius 1 is 0.966 bits per heavy atom. The zero-order valence-electron chi connectivity index (χ0n) is 16.4. The number of carbonyl (C=O) groups excluding carboxylic acids is 4. The predicted octanol–water partition coefficient (Wildman–Crippen LogP) is 0.626. The number of esters is 2. The van der Waals surface area contributed by atoms with Crippen LogP contribution >= 0.6 is 22.6 Å². The van der Waals surface area contributed by atoms with Gasteiger partial charge in [-0.2, -0.15) is 0 Å². The Hall–Kier alpha value is -2.21. The lowest BCUT2D eigenvalue weighted by Gasteiger charge is -2.20. The highest BCUT2D eigenvalue weighted by molar-refractivity contribution is 14.1. The van der Waals surface area contributed by atoms with Crippen LogP contribution in [0.4, 0.5) is 0 Å². The quantitative estimate of drug-likeness (QED) is 0.288. The maximum atomic E-state index is 12.6. The van der Waals surface area contributed by atoms with Crippen LogP contribution < -0.4 is 16.4 Å². The topological polar surface area (TPSA) is 137 Å². The van der Waals surface area contributed by atoms with Crippen molar-refractivity contribution in [2.24, 2.45) is 5.73 Å². The van der Waals surface area contributed by atoms with Crippen molar-refractivity contribution in [2.75, 3.05) is 14.2 Å². The third-order valence-corrected chi connectivity index (χ3v) is 4.82. The SMILES string of the molecule is COC(=O)CC[C@H](NC(=O)[C@@H](N)CCC(=O)OC)C(=O)NCc1ccc(I)cc1. The van der Waals surface area contributed by atoms with Gasteiger partial charge in [-0.3, -0.25) is 19.2 Å². The summed E-state index contributed by atoms with van der Waals surface area (Å²) in [6.45, 7) is 0.273. The normalized spacial score (nSPS) is 12.4. The second-order valence-corrected chi connectivity index (χ2v) is 7.49. The molecule has 0 aromatic heterocycles. The number of nitrogens with two attached hydrogens (primary N) is 1. The number of halogens is 1. The van der Waals surface area contributed by atoms with E-state index in [1.54, 1.807) is 0 Å². The Balaban J connectivity index is 2.68. The lowest BCUT2D eigenvalue weighted by Crippen LogP contribution is -2.51. The molecule has 0 fully saturated rings. The summed E-state index contributed by atoms with van der Waals surface area (Å²) >= 11 is 2.18. The number of nitrogens with one attached hydrogen (secondary N) is 2. The van der Waals surface area contributed by atoms with Crippen LogP contribution in [0, 0.1) is 3.57 Å². The molecule has 0 heterocycles. The van der Waals surface area contributed by atoms with Crippen molar-refractivity contribution in [1.82, 2.24) is 10.6 Å². The van der Waals surface area contributed by atoms with Crippen molar-refractivity contribution >= 4 is 46.3 Å². The number of rotatable bonds is 11. The molecule has 29 heavy (non-hydrogen) atoms. The summed E-state index contributed by atoms with van der Waals surface area (Å²) in [6.07, 6.45) is 0.0693. The molecule has 1 rings (SSSR count). The molecule has 4 N–H and O–H groups in total. The molecule has 2 amide bonds. The molecule has 1 aromatic carbocycles. The van der Waals surface area contributed by atoms with E-state index in [1.165, 1.54) is 14.2 Å². The van der Waals surface area contributed by atoms with Gasteiger partial charge < -0.3 is 25.8 Å². The first-order valence-corrected chi connectivity index (χ1v) is 10.1. The Morgan fingerprint density at radius 3 is 2.07 bits per heavy atom. The zero-order chi connectivity index (χ0) is 21.8. The molecule has 0 aliphatic heterocycles. The van der Waals surface area contributed by atoms with Gasteiger partial charge in [-0.05, 0) is 53.1 Å². The van der Waals surface area contributed by atoms with E-state index in [-0.39, 0.29) is 32.2 Å². The van der Waals surface area contributed by atoms with Crippen molar-refractivity contribution in [3.63, 3.8) is 0 Å². The molecule has 0 bridgehead atoms. The first-order valence-electron chi connectivity index (χ1n) is 8.98. The van der Waals surface area contributed by atoms with Crippen LogP contribution in [-0.4, -0.2) is 50.1 Å². The summed E-state index contributed by atoms with van der Waals surface area (Å²) in [7, 11) is 2.49. The van der Waals surface area contributed by atoms with Gasteiger partial charge in [0, 0.05) is 23.0 Å². The van der Waals surface area contributed by atoms with Crippen molar-refractivity contribution in [3.8, 4) is 0 Å². The van der Waals surface area contributed by atoms with Crippen molar-refractivity contribution in [1.29, 1.82) is 0 Å². The van der Waals surface area contributed by atoms with E-state index in [0.29, 0.717) is 0 Å². The van der Waals surface area contributed by atoms with E-state index in [9.17, 15) is 19.2 Å². The summed E-state index contributed by atoms with van der Waals surface area (Å²) in [4.78, 5) is 47.5. The van der Waals surface area contributed by atoms with E-state index >= 15 is 0 Å². The van der Waals surface area contributed by atoms with E-state index in [2.05, 4.69) is 42.7 Å². The Bertz CT molecular complexity index is 710. The number of carbonyl (C=O) groups is 4. The molecule has 0 radical (unpaired) electrons. The maximum Gasteiger partial charge on any atom is 0.305 e. The number of hydrogen-bond acceptors (Lipinski definition) is 7. The number of hydrogen-bond donors (Lipinski definition) is 3. The third kappa shape index (κ3) is 9.70. The molecule has 0 spiro atoms. The maximum absolute atomic E-state index is 12.6. The predicted molar refractivity (Wildman–Crippen MR) is 113 cm³/mol. The second-order valence-electron chi connectivity index (χ2n) is 6.24. The Kier molecular flexibility index (Phi) is 11.2. The minimum Gasteiger partial charge on any atom is -0.469 e. The van der Waals surface area contributed by atoms with Gasteiger partial charge >= 0.3 is 11.9 Å². The molecule has 0 unspecified atom stereocenters. The lowest BCUT2D eigenvalue weighted by molar-refractivity contribution is -0.142. The van der Waals surface area contributed by atoms with Crippen LogP contribution in [-0.2, 0) is 35.2 Å². The van der Waals surface area contributed by atoms with Gasteiger partial charge in [-0.15, -0.1) is 0 Å². The first kappa shape index (κ1) is 24.8. The fourth-order valence-corrected chi connectivity index (χ4v) is 2.69. The van der Waals surface area contributed by atoms with Crippen LogP contribution in [0.5, 0.6) is 0 Å². The fraction of sp³-hybridized carbons (Fsp3) is 0.474. The van der Waals surface area contributed by atoms with Gasteiger partial charge in [0.2, 0.25) is 11.8 Å². The average Bonchev–Trinajstić information content (AvgIpc) is 2.73. The van der Waals surface area contributed by atoms with Crippen LogP contribution in [0.1, 0.15) is 31.2 Å². The molecule has 0 aliphatic rings. The van der Waals surface area contributed by atoms with Crippen LogP contribution in [0.2, 0.25) is 0 Å².